The number of halogens is 1. The summed E-state index contributed by atoms with van der Waals surface area (Å²) in [7, 11) is 5.54. The lowest BCUT2D eigenvalue weighted by atomic mass is 9.99. The largest absolute Gasteiger partial charge is 0.469 e. The molecule has 1 aliphatic rings. The van der Waals surface area contributed by atoms with Gasteiger partial charge in [0.2, 0.25) is 0 Å². The summed E-state index contributed by atoms with van der Waals surface area (Å²) in [6.45, 7) is 7.17. The molecule has 0 saturated carbocycles. The van der Waals surface area contributed by atoms with Crippen LogP contribution in [0.4, 0.5) is 5.69 Å². The van der Waals surface area contributed by atoms with E-state index in [2.05, 4.69) is 53.2 Å². The fourth-order valence-electron chi connectivity index (χ4n) is 3.28. The van der Waals surface area contributed by atoms with Crippen LogP contribution in [-0.2, 0) is 16.0 Å². The molecule has 2 rings (SSSR count). The van der Waals surface area contributed by atoms with Gasteiger partial charge in [0, 0.05) is 46.0 Å². The molecule has 27 heavy (non-hydrogen) atoms. The summed E-state index contributed by atoms with van der Waals surface area (Å²) in [6, 6.07) is 8.58. The minimum absolute atomic E-state index is 0. The van der Waals surface area contributed by atoms with E-state index in [-0.39, 0.29) is 41.8 Å². The van der Waals surface area contributed by atoms with Gasteiger partial charge in [0.15, 0.2) is 5.96 Å². The van der Waals surface area contributed by atoms with Crippen LogP contribution in [0.3, 0.4) is 0 Å². The van der Waals surface area contributed by atoms with Gasteiger partial charge in [-0.2, -0.15) is 0 Å². The molecule has 1 saturated heterocycles. The molecule has 1 aromatic carbocycles. The first kappa shape index (κ1) is 23.5. The van der Waals surface area contributed by atoms with Crippen molar-refractivity contribution in [3.8, 4) is 0 Å². The summed E-state index contributed by atoms with van der Waals surface area (Å²) in [5.74, 6) is 0.944. The number of esters is 1. The van der Waals surface area contributed by atoms with Crippen LogP contribution < -0.4 is 10.2 Å². The number of carbonyl (C=O) groups is 1. The van der Waals surface area contributed by atoms with E-state index in [4.69, 9.17) is 9.73 Å². The minimum Gasteiger partial charge on any atom is -0.469 e. The molecule has 0 radical (unpaired) electrons. The van der Waals surface area contributed by atoms with Gasteiger partial charge in [-0.25, -0.2) is 0 Å². The lowest BCUT2D eigenvalue weighted by molar-refractivity contribution is -0.145. The average Bonchev–Trinajstić information content (AvgIpc) is 3.02. The third-order valence-corrected chi connectivity index (χ3v) is 4.87. The van der Waals surface area contributed by atoms with Crippen molar-refractivity contribution in [2.75, 3.05) is 52.3 Å². The fourth-order valence-corrected chi connectivity index (χ4v) is 3.28. The van der Waals surface area contributed by atoms with Crippen molar-refractivity contribution in [3.63, 3.8) is 0 Å². The first-order valence-corrected chi connectivity index (χ1v) is 9.33. The monoisotopic (exact) mass is 488 g/mol. The second kappa shape index (κ2) is 11.4. The molecule has 0 bridgehead atoms. The Kier molecular flexibility index (Phi) is 9.90. The maximum atomic E-state index is 11.9. The normalized spacial score (nSPS) is 19.4. The number of nitrogens with one attached hydrogen (secondary N) is 1. The lowest BCUT2D eigenvalue weighted by Gasteiger charge is -2.21. The average molecular weight is 488 g/mol. The van der Waals surface area contributed by atoms with E-state index in [1.54, 1.807) is 0 Å². The van der Waals surface area contributed by atoms with E-state index in [0.29, 0.717) is 6.54 Å². The van der Waals surface area contributed by atoms with Gasteiger partial charge < -0.3 is 19.9 Å². The molecular formula is C20H33IN4O2. The Bertz CT molecular complexity index is 619. The quantitative estimate of drug-likeness (QED) is 0.289. The highest BCUT2D eigenvalue weighted by Crippen LogP contribution is 2.24. The molecule has 7 heteroatoms. The molecule has 1 N–H and O–H groups in total. The van der Waals surface area contributed by atoms with Crippen LogP contribution in [0.1, 0.15) is 19.4 Å². The van der Waals surface area contributed by atoms with E-state index in [0.717, 1.165) is 32.0 Å². The van der Waals surface area contributed by atoms with Crippen LogP contribution in [0.2, 0.25) is 0 Å². The van der Waals surface area contributed by atoms with E-state index in [1.165, 1.54) is 18.4 Å². The van der Waals surface area contributed by atoms with Gasteiger partial charge in [-0.05, 0) is 37.0 Å². The molecule has 0 amide bonds. The number of methoxy groups -OCH3 is 1. The standard InChI is InChI=1S/C20H32N4O2.HI/c1-6-21-20(24-13-15(2)18(14-24)19(25)26-5)22-12-11-16-7-9-17(10-8-16)23(3)4;/h7-10,15,18H,6,11-14H2,1-5H3,(H,21,22);1H. The Hall–Kier alpha value is -1.51. The molecule has 2 unspecified atom stereocenters. The third kappa shape index (κ3) is 6.55. The Morgan fingerprint density at radius 3 is 2.52 bits per heavy atom. The van der Waals surface area contributed by atoms with Crippen molar-refractivity contribution in [1.29, 1.82) is 0 Å². The van der Waals surface area contributed by atoms with Crippen LogP contribution in [-0.4, -0.2) is 64.2 Å². The topological polar surface area (TPSA) is 57.2 Å². The number of aliphatic imine (C=N–C) groups is 1. The molecule has 0 spiro atoms. The van der Waals surface area contributed by atoms with Crippen LogP contribution >= 0.6 is 24.0 Å². The zero-order valence-electron chi connectivity index (χ0n) is 17.1. The van der Waals surface area contributed by atoms with Crippen molar-refractivity contribution >= 4 is 41.6 Å². The van der Waals surface area contributed by atoms with E-state index >= 15 is 0 Å². The molecular weight excluding hydrogens is 455 g/mol. The molecule has 0 aliphatic carbocycles. The molecule has 0 aromatic heterocycles. The van der Waals surface area contributed by atoms with Crippen LogP contribution in [0.15, 0.2) is 29.3 Å². The molecule has 152 valence electrons. The highest BCUT2D eigenvalue weighted by molar-refractivity contribution is 14.0. The number of carbonyl (C=O) groups excluding carboxylic acids is 1. The Morgan fingerprint density at radius 2 is 1.96 bits per heavy atom. The van der Waals surface area contributed by atoms with Gasteiger partial charge in [0.25, 0.3) is 0 Å². The first-order chi connectivity index (χ1) is 12.5. The van der Waals surface area contributed by atoms with Crippen LogP contribution in [0, 0.1) is 11.8 Å². The van der Waals surface area contributed by atoms with Gasteiger partial charge in [0.05, 0.1) is 13.0 Å². The van der Waals surface area contributed by atoms with Crippen LogP contribution in [0.5, 0.6) is 0 Å². The van der Waals surface area contributed by atoms with Crippen molar-refractivity contribution in [3.05, 3.63) is 29.8 Å². The van der Waals surface area contributed by atoms with Crippen molar-refractivity contribution < 1.29 is 9.53 Å². The molecule has 1 aliphatic heterocycles. The number of likely N-dealkylation sites (tertiary alicyclic amines) is 1. The predicted molar refractivity (Wildman–Crippen MR) is 122 cm³/mol. The number of rotatable bonds is 6. The van der Waals surface area contributed by atoms with Gasteiger partial charge in [-0.1, -0.05) is 19.1 Å². The highest BCUT2D eigenvalue weighted by Gasteiger charge is 2.36. The number of anilines is 1. The zero-order chi connectivity index (χ0) is 19.1. The first-order valence-electron chi connectivity index (χ1n) is 9.33. The maximum absolute atomic E-state index is 11.9. The lowest BCUT2D eigenvalue weighted by Crippen LogP contribution is -2.40. The van der Waals surface area contributed by atoms with Gasteiger partial charge in [-0.3, -0.25) is 9.79 Å². The molecule has 1 aromatic rings. The number of benzene rings is 1. The predicted octanol–water partition coefficient (Wildman–Crippen LogP) is 2.62. The summed E-state index contributed by atoms with van der Waals surface area (Å²) in [5, 5.41) is 3.35. The third-order valence-electron chi connectivity index (χ3n) is 4.87. The SMILES string of the molecule is CCNC(=NCCc1ccc(N(C)C)cc1)N1CC(C)C(C(=O)OC)C1.I. The Balaban J connectivity index is 0.00000364. The number of ether oxygens (including phenoxy) is 1. The number of guanidine groups is 1. The van der Waals surface area contributed by atoms with Crippen molar-refractivity contribution in [2.45, 2.75) is 20.3 Å². The minimum atomic E-state index is -0.128. The Labute approximate surface area is 180 Å². The summed E-state index contributed by atoms with van der Waals surface area (Å²) in [6.07, 6.45) is 0.895. The van der Waals surface area contributed by atoms with Crippen molar-refractivity contribution in [2.24, 2.45) is 16.8 Å². The maximum Gasteiger partial charge on any atom is 0.310 e. The van der Waals surface area contributed by atoms with E-state index in [1.807, 2.05) is 14.1 Å². The van der Waals surface area contributed by atoms with Gasteiger partial charge in [-0.15, -0.1) is 24.0 Å². The molecule has 1 fully saturated rings. The van der Waals surface area contributed by atoms with Crippen LogP contribution in [0.25, 0.3) is 0 Å². The summed E-state index contributed by atoms with van der Waals surface area (Å²) >= 11 is 0. The summed E-state index contributed by atoms with van der Waals surface area (Å²) in [5.41, 5.74) is 2.47. The second-order valence-corrected chi connectivity index (χ2v) is 7.06. The smallest absolute Gasteiger partial charge is 0.310 e. The molecule has 6 nitrogen and oxygen atoms in total. The van der Waals surface area contributed by atoms with Crippen molar-refractivity contribution in [1.82, 2.24) is 10.2 Å². The fraction of sp³-hybridized carbons (Fsp3) is 0.600. The van der Waals surface area contributed by atoms with E-state index < -0.39 is 0 Å². The number of hydrogen-bond donors (Lipinski definition) is 1. The second-order valence-electron chi connectivity index (χ2n) is 7.06. The number of nitrogens with zero attached hydrogens (tertiary/aromatic N) is 3. The van der Waals surface area contributed by atoms with E-state index in [9.17, 15) is 4.79 Å². The molecule has 1 heterocycles. The summed E-state index contributed by atoms with van der Waals surface area (Å²) < 4.78 is 4.93. The number of hydrogen-bond acceptors (Lipinski definition) is 4. The zero-order valence-corrected chi connectivity index (χ0v) is 19.4. The molecule has 2 atom stereocenters. The van der Waals surface area contributed by atoms with Gasteiger partial charge in [0.1, 0.15) is 0 Å². The Morgan fingerprint density at radius 1 is 1.30 bits per heavy atom. The highest BCUT2D eigenvalue weighted by atomic mass is 127. The summed E-state index contributed by atoms with van der Waals surface area (Å²) in [4.78, 5) is 20.9. The van der Waals surface area contributed by atoms with Gasteiger partial charge >= 0.3 is 5.97 Å².